The van der Waals surface area contributed by atoms with Gasteiger partial charge in [-0.25, -0.2) is 4.79 Å². The van der Waals surface area contributed by atoms with Gasteiger partial charge >= 0.3 is 6.03 Å². The van der Waals surface area contributed by atoms with E-state index in [0.29, 0.717) is 6.54 Å². The Morgan fingerprint density at radius 3 is 2.31 bits per heavy atom. The summed E-state index contributed by atoms with van der Waals surface area (Å²) in [6.45, 7) is 6.61. The summed E-state index contributed by atoms with van der Waals surface area (Å²) in [6.07, 6.45) is 5.91. The standard InChI is InChI=1S/C21H33N3O2/c1-4-7-16(3)20(25)23-18-8-5-6-9-19(18)24-21(26)22-14-17-12-10-15(2)11-13-17/h10-13,16,18-19H,4-9,14H2,1-3H3,(H,23,25)(H2,22,24,26). The molecule has 3 unspecified atom stereocenters. The van der Waals surface area contributed by atoms with Crippen molar-refractivity contribution in [3.63, 3.8) is 0 Å². The van der Waals surface area contributed by atoms with Crippen LogP contribution in [0.5, 0.6) is 0 Å². The van der Waals surface area contributed by atoms with E-state index in [1.165, 1.54) is 5.56 Å². The SMILES string of the molecule is CCCC(C)C(=O)NC1CCCCC1NC(=O)NCc1ccc(C)cc1. The first-order valence-electron chi connectivity index (χ1n) is 9.90. The predicted octanol–water partition coefficient (Wildman–Crippen LogP) is 3.66. The molecule has 1 fully saturated rings. The molecule has 5 heteroatoms. The maximum absolute atomic E-state index is 12.3. The topological polar surface area (TPSA) is 70.2 Å². The van der Waals surface area contributed by atoms with Crippen molar-refractivity contribution in [1.29, 1.82) is 0 Å². The number of rotatable bonds is 7. The van der Waals surface area contributed by atoms with Gasteiger partial charge in [-0.1, -0.05) is 62.9 Å². The summed E-state index contributed by atoms with van der Waals surface area (Å²) in [7, 11) is 0. The van der Waals surface area contributed by atoms with E-state index >= 15 is 0 Å². The summed E-state index contributed by atoms with van der Waals surface area (Å²) < 4.78 is 0. The van der Waals surface area contributed by atoms with Gasteiger partial charge in [-0.05, 0) is 31.7 Å². The Bertz CT molecular complexity index is 585. The molecular weight excluding hydrogens is 326 g/mol. The molecule has 0 radical (unpaired) electrons. The molecule has 0 aromatic heterocycles. The van der Waals surface area contributed by atoms with Crippen molar-refractivity contribution in [3.8, 4) is 0 Å². The number of aryl methyl sites for hydroxylation is 1. The number of nitrogens with one attached hydrogen (secondary N) is 3. The second-order valence-corrected chi connectivity index (χ2v) is 7.51. The monoisotopic (exact) mass is 359 g/mol. The van der Waals surface area contributed by atoms with Gasteiger partial charge in [-0.3, -0.25) is 4.79 Å². The molecule has 1 aromatic carbocycles. The zero-order chi connectivity index (χ0) is 18.9. The Hall–Kier alpha value is -2.04. The van der Waals surface area contributed by atoms with E-state index in [4.69, 9.17) is 0 Å². The third-order valence-corrected chi connectivity index (χ3v) is 5.15. The molecule has 1 saturated carbocycles. The van der Waals surface area contributed by atoms with Gasteiger partial charge in [-0.2, -0.15) is 0 Å². The van der Waals surface area contributed by atoms with Gasteiger partial charge < -0.3 is 16.0 Å². The van der Waals surface area contributed by atoms with Gasteiger partial charge in [0.05, 0.1) is 6.04 Å². The fourth-order valence-electron chi connectivity index (χ4n) is 3.47. The lowest BCUT2D eigenvalue weighted by Crippen LogP contribution is -2.55. The number of amides is 3. The highest BCUT2D eigenvalue weighted by Crippen LogP contribution is 2.19. The average Bonchev–Trinajstić information content (AvgIpc) is 2.63. The van der Waals surface area contributed by atoms with E-state index in [9.17, 15) is 9.59 Å². The van der Waals surface area contributed by atoms with E-state index in [0.717, 1.165) is 44.1 Å². The van der Waals surface area contributed by atoms with Crippen molar-refractivity contribution in [2.24, 2.45) is 5.92 Å². The molecule has 3 amide bonds. The molecule has 5 nitrogen and oxygen atoms in total. The second-order valence-electron chi connectivity index (χ2n) is 7.51. The zero-order valence-corrected chi connectivity index (χ0v) is 16.3. The first-order valence-corrected chi connectivity index (χ1v) is 9.90. The van der Waals surface area contributed by atoms with Gasteiger partial charge in [0.25, 0.3) is 0 Å². The molecule has 0 aliphatic heterocycles. The summed E-state index contributed by atoms with van der Waals surface area (Å²) in [4.78, 5) is 24.6. The highest BCUT2D eigenvalue weighted by molar-refractivity contribution is 5.79. The molecule has 0 bridgehead atoms. The quantitative estimate of drug-likeness (QED) is 0.695. The van der Waals surface area contributed by atoms with Crippen molar-refractivity contribution >= 4 is 11.9 Å². The van der Waals surface area contributed by atoms with Crippen LogP contribution in [-0.2, 0) is 11.3 Å². The Balaban J connectivity index is 1.83. The van der Waals surface area contributed by atoms with Gasteiger partial charge in [0.1, 0.15) is 0 Å². The number of hydrogen-bond donors (Lipinski definition) is 3. The number of urea groups is 1. The second kappa shape index (κ2) is 10.2. The highest BCUT2D eigenvalue weighted by atomic mass is 16.2. The minimum absolute atomic E-state index is 0.000422. The van der Waals surface area contributed by atoms with Crippen LogP contribution in [0.15, 0.2) is 24.3 Å². The molecule has 0 spiro atoms. The number of carbonyl (C=O) groups excluding carboxylic acids is 2. The van der Waals surface area contributed by atoms with Crippen molar-refractivity contribution in [2.75, 3.05) is 0 Å². The predicted molar refractivity (Wildman–Crippen MR) is 105 cm³/mol. The Morgan fingerprint density at radius 2 is 1.69 bits per heavy atom. The maximum atomic E-state index is 12.3. The van der Waals surface area contributed by atoms with Crippen molar-refractivity contribution in [2.45, 2.75) is 77.9 Å². The van der Waals surface area contributed by atoms with E-state index in [2.05, 4.69) is 22.9 Å². The summed E-state index contributed by atoms with van der Waals surface area (Å²) in [6, 6.07) is 7.99. The molecule has 144 valence electrons. The molecule has 1 aromatic rings. The average molecular weight is 360 g/mol. The van der Waals surface area contributed by atoms with Crippen molar-refractivity contribution in [3.05, 3.63) is 35.4 Å². The van der Waals surface area contributed by atoms with Crippen LogP contribution in [0.25, 0.3) is 0 Å². The number of benzene rings is 1. The van der Waals surface area contributed by atoms with Gasteiger partial charge in [0.2, 0.25) is 5.91 Å². The fourth-order valence-corrected chi connectivity index (χ4v) is 3.47. The number of hydrogen-bond acceptors (Lipinski definition) is 2. The Morgan fingerprint density at radius 1 is 1.08 bits per heavy atom. The van der Waals surface area contributed by atoms with E-state index in [1.54, 1.807) is 0 Å². The lowest BCUT2D eigenvalue weighted by Gasteiger charge is -2.33. The van der Waals surface area contributed by atoms with Crippen molar-refractivity contribution < 1.29 is 9.59 Å². The largest absolute Gasteiger partial charge is 0.351 e. The number of carbonyl (C=O) groups is 2. The summed E-state index contributed by atoms with van der Waals surface area (Å²) in [5.41, 5.74) is 2.28. The van der Waals surface area contributed by atoms with Crippen LogP contribution in [0.1, 0.15) is 63.5 Å². The lowest BCUT2D eigenvalue weighted by atomic mass is 9.89. The van der Waals surface area contributed by atoms with E-state index in [1.807, 2.05) is 38.1 Å². The Labute approximate surface area is 157 Å². The maximum Gasteiger partial charge on any atom is 0.315 e. The van der Waals surface area contributed by atoms with Crippen LogP contribution in [0.2, 0.25) is 0 Å². The van der Waals surface area contributed by atoms with Crippen molar-refractivity contribution in [1.82, 2.24) is 16.0 Å². The van der Waals surface area contributed by atoms with E-state index < -0.39 is 0 Å². The zero-order valence-electron chi connectivity index (χ0n) is 16.3. The molecule has 3 atom stereocenters. The molecule has 2 rings (SSSR count). The van der Waals surface area contributed by atoms with Gasteiger partial charge in [0, 0.05) is 18.5 Å². The van der Waals surface area contributed by atoms with Crippen LogP contribution in [0, 0.1) is 12.8 Å². The third-order valence-electron chi connectivity index (χ3n) is 5.15. The molecular formula is C21H33N3O2. The molecule has 0 saturated heterocycles. The molecule has 1 aliphatic rings. The van der Waals surface area contributed by atoms with Gasteiger partial charge in [0.15, 0.2) is 0 Å². The molecule has 3 N–H and O–H groups in total. The molecule has 1 aliphatic carbocycles. The minimum atomic E-state index is -0.168. The van der Waals surface area contributed by atoms with Crippen LogP contribution >= 0.6 is 0 Å². The summed E-state index contributed by atoms with van der Waals surface area (Å²) in [5, 5.41) is 9.14. The summed E-state index contributed by atoms with van der Waals surface area (Å²) in [5.74, 6) is 0.128. The minimum Gasteiger partial charge on any atom is -0.351 e. The van der Waals surface area contributed by atoms with Crippen LogP contribution in [0.4, 0.5) is 4.79 Å². The normalized spacial score (nSPS) is 20.9. The Kier molecular flexibility index (Phi) is 7.95. The van der Waals surface area contributed by atoms with Crippen LogP contribution in [-0.4, -0.2) is 24.0 Å². The van der Waals surface area contributed by atoms with Gasteiger partial charge in [-0.15, -0.1) is 0 Å². The highest BCUT2D eigenvalue weighted by Gasteiger charge is 2.28. The van der Waals surface area contributed by atoms with E-state index in [-0.39, 0.29) is 29.9 Å². The molecule has 26 heavy (non-hydrogen) atoms. The first kappa shape index (κ1) is 20.3. The summed E-state index contributed by atoms with van der Waals surface area (Å²) >= 11 is 0. The lowest BCUT2D eigenvalue weighted by molar-refractivity contribution is -0.125. The van der Waals surface area contributed by atoms with Crippen LogP contribution in [0.3, 0.4) is 0 Å². The van der Waals surface area contributed by atoms with Crippen LogP contribution < -0.4 is 16.0 Å². The fraction of sp³-hybridized carbons (Fsp3) is 0.619. The first-order chi connectivity index (χ1) is 12.5. The molecule has 0 heterocycles. The third kappa shape index (κ3) is 6.36. The smallest absolute Gasteiger partial charge is 0.315 e.